The van der Waals surface area contributed by atoms with Gasteiger partial charge in [0.15, 0.2) is 9.84 Å². The molecule has 0 saturated carbocycles. The molecule has 16 heavy (non-hydrogen) atoms. The van der Waals surface area contributed by atoms with E-state index in [0.717, 1.165) is 11.9 Å². The van der Waals surface area contributed by atoms with Gasteiger partial charge in [0.1, 0.15) is 4.90 Å². The molecule has 0 bridgehead atoms. The Morgan fingerprint density at radius 3 is 2.38 bits per heavy atom. The van der Waals surface area contributed by atoms with Crippen LogP contribution in [0.5, 0.6) is 5.88 Å². The summed E-state index contributed by atoms with van der Waals surface area (Å²) in [5.41, 5.74) is 0.729. The Bertz CT molecular complexity index is 495. The molecular weight excluding hydrogens is 246 g/mol. The van der Waals surface area contributed by atoms with Crippen molar-refractivity contribution in [1.82, 2.24) is 4.98 Å². The highest BCUT2D eigenvalue weighted by molar-refractivity contribution is 7.90. The monoisotopic (exact) mass is 261 g/mol. The average molecular weight is 261 g/mol. The second-order valence-electron chi connectivity index (χ2n) is 3.83. The summed E-state index contributed by atoms with van der Waals surface area (Å²) in [6.45, 7) is 3.92. The van der Waals surface area contributed by atoms with Gasteiger partial charge in [-0.1, -0.05) is 13.8 Å². The van der Waals surface area contributed by atoms with Gasteiger partial charge in [0, 0.05) is 11.2 Å². The molecule has 1 aromatic heterocycles. The average Bonchev–Trinajstić information content (AvgIpc) is 2.15. The highest BCUT2D eigenvalue weighted by atomic mass is 32.2. The molecule has 1 heterocycles. The van der Waals surface area contributed by atoms with Crippen LogP contribution in [0.15, 0.2) is 15.9 Å². The summed E-state index contributed by atoms with van der Waals surface area (Å²) in [7, 11) is -1.94. The van der Waals surface area contributed by atoms with Crippen LogP contribution in [0.4, 0.5) is 0 Å². The van der Waals surface area contributed by atoms with Crippen molar-refractivity contribution in [2.75, 3.05) is 13.4 Å². The number of methoxy groups -OCH3 is 1. The number of sulfone groups is 1. The Morgan fingerprint density at radius 1 is 1.44 bits per heavy atom. The standard InChI is InChI=1S/C10H15NO3S2/c1-6(2)9-7(15)5-8(16(4,12)13)10(11-9)14-3/h5-6,15H,1-4H3. The first-order valence-corrected chi connectivity index (χ1v) is 7.09. The van der Waals surface area contributed by atoms with Crippen molar-refractivity contribution in [1.29, 1.82) is 0 Å². The third kappa shape index (κ3) is 2.68. The van der Waals surface area contributed by atoms with E-state index in [4.69, 9.17) is 4.74 Å². The number of hydrogen-bond donors (Lipinski definition) is 1. The molecular formula is C10H15NO3S2. The van der Waals surface area contributed by atoms with Gasteiger partial charge in [0.25, 0.3) is 0 Å². The van der Waals surface area contributed by atoms with E-state index < -0.39 is 9.84 Å². The molecule has 0 radical (unpaired) electrons. The minimum Gasteiger partial charge on any atom is -0.480 e. The number of aromatic nitrogens is 1. The van der Waals surface area contributed by atoms with E-state index in [-0.39, 0.29) is 16.7 Å². The maximum absolute atomic E-state index is 11.5. The molecule has 0 saturated heterocycles. The van der Waals surface area contributed by atoms with E-state index >= 15 is 0 Å². The molecule has 6 heteroatoms. The number of hydrogen-bond acceptors (Lipinski definition) is 5. The van der Waals surface area contributed by atoms with Gasteiger partial charge >= 0.3 is 0 Å². The SMILES string of the molecule is COc1nc(C(C)C)c(S)cc1S(C)(=O)=O. The summed E-state index contributed by atoms with van der Waals surface area (Å²) in [4.78, 5) is 4.82. The fourth-order valence-electron chi connectivity index (χ4n) is 1.32. The van der Waals surface area contributed by atoms with Gasteiger partial charge in [-0.2, -0.15) is 0 Å². The van der Waals surface area contributed by atoms with Crippen molar-refractivity contribution in [2.24, 2.45) is 0 Å². The lowest BCUT2D eigenvalue weighted by molar-refractivity contribution is 0.381. The lowest BCUT2D eigenvalue weighted by atomic mass is 10.1. The first kappa shape index (κ1) is 13.3. The van der Waals surface area contributed by atoms with Crippen molar-refractivity contribution < 1.29 is 13.2 Å². The number of pyridine rings is 1. The van der Waals surface area contributed by atoms with Crippen molar-refractivity contribution in [3.8, 4) is 5.88 Å². The molecule has 0 aliphatic heterocycles. The van der Waals surface area contributed by atoms with Crippen LogP contribution in [0.25, 0.3) is 0 Å². The largest absolute Gasteiger partial charge is 0.480 e. The second-order valence-corrected chi connectivity index (χ2v) is 6.29. The van der Waals surface area contributed by atoms with Crippen LogP contribution in [0.3, 0.4) is 0 Å². The first-order chi connectivity index (χ1) is 7.27. The van der Waals surface area contributed by atoms with Crippen molar-refractivity contribution >= 4 is 22.5 Å². The minimum atomic E-state index is -3.35. The molecule has 0 aliphatic rings. The number of ether oxygens (including phenoxy) is 1. The zero-order chi connectivity index (χ0) is 12.5. The van der Waals surface area contributed by atoms with Gasteiger partial charge in [-0.3, -0.25) is 0 Å². The third-order valence-corrected chi connectivity index (χ3v) is 3.55. The number of thiol groups is 1. The normalized spacial score (nSPS) is 11.9. The summed E-state index contributed by atoms with van der Waals surface area (Å²) in [6.07, 6.45) is 1.12. The fraction of sp³-hybridized carbons (Fsp3) is 0.500. The van der Waals surface area contributed by atoms with E-state index in [1.165, 1.54) is 13.2 Å². The topological polar surface area (TPSA) is 56.3 Å². The van der Waals surface area contributed by atoms with E-state index in [9.17, 15) is 8.42 Å². The van der Waals surface area contributed by atoms with Crippen molar-refractivity contribution in [2.45, 2.75) is 29.6 Å². The summed E-state index contributed by atoms with van der Waals surface area (Å²) in [5.74, 6) is 0.291. The Balaban J connectivity index is 3.51. The molecule has 0 unspecified atom stereocenters. The van der Waals surface area contributed by atoms with Crippen LogP contribution in [0.2, 0.25) is 0 Å². The van der Waals surface area contributed by atoms with Crippen LogP contribution in [-0.2, 0) is 9.84 Å². The number of nitrogens with zero attached hydrogens (tertiary/aromatic N) is 1. The summed E-state index contributed by atoms with van der Waals surface area (Å²) >= 11 is 4.24. The van der Waals surface area contributed by atoms with Crippen LogP contribution >= 0.6 is 12.6 Å². The van der Waals surface area contributed by atoms with Crippen LogP contribution in [0, 0.1) is 0 Å². The van der Waals surface area contributed by atoms with Gasteiger partial charge in [0.2, 0.25) is 5.88 Å². The van der Waals surface area contributed by atoms with Gasteiger partial charge < -0.3 is 4.74 Å². The molecule has 0 aromatic carbocycles. The Kier molecular flexibility index (Phi) is 3.85. The molecule has 90 valence electrons. The van der Waals surface area contributed by atoms with Gasteiger partial charge in [-0.25, -0.2) is 13.4 Å². The zero-order valence-corrected chi connectivity index (χ0v) is 11.4. The Morgan fingerprint density at radius 2 is 2.00 bits per heavy atom. The van der Waals surface area contributed by atoms with Crippen molar-refractivity contribution in [3.05, 3.63) is 11.8 Å². The summed E-state index contributed by atoms with van der Waals surface area (Å²) in [6, 6.07) is 1.49. The van der Waals surface area contributed by atoms with Crippen LogP contribution < -0.4 is 4.74 Å². The maximum atomic E-state index is 11.5. The summed E-state index contributed by atoms with van der Waals surface area (Å²) in [5, 5.41) is 0. The maximum Gasteiger partial charge on any atom is 0.232 e. The molecule has 0 spiro atoms. The highest BCUT2D eigenvalue weighted by Gasteiger charge is 2.19. The molecule has 0 amide bonds. The van der Waals surface area contributed by atoms with E-state index in [1.54, 1.807) is 0 Å². The number of rotatable bonds is 3. The van der Waals surface area contributed by atoms with E-state index in [0.29, 0.717) is 4.90 Å². The zero-order valence-electron chi connectivity index (χ0n) is 9.68. The molecule has 0 N–H and O–H groups in total. The first-order valence-electron chi connectivity index (χ1n) is 4.75. The molecule has 1 rings (SSSR count). The van der Waals surface area contributed by atoms with Gasteiger partial charge in [-0.15, -0.1) is 12.6 Å². The highest BCUT2D eigenvalue weighted by Crippen LogP contribution is 2.29. The Labute approximate surface area is 101 Å². The lowest BCUT2D eigenvalue weighted by Gasteiger charge is -2.12. The van der Waals surface area contributed by atoms with Crippen molar-refractivity contribution in [3.63, 3.8) is 0 Å². The van der Waals surface area contributed by atoms with Gasteiger partial charge in [0.05, 0.1) is 12.8 Å². The minimum absolute atomic E-state index is 0.0735. The fourth-order valence-corrected chi connectivity index (χ4v) is 2.62. The van der Waals surface area contributed by atoms with Gasteiger partial charge in [-0.05, 0) is 12.0 Å². The molecule has 0 aliphatic carbocycles. The third-order valence-electron chi connectivity index (χ3n) is 2.10. The Hall–Kier alpha value is -0.750. The van der Waals surface area contributed by atoms with Crippen LogP contribution in [0.1, 0.15) is 25.5 Å². The van der Waals surface area contributed by atoms with E-state index in [1.807, 2.05) is 13.8 Å². The lowest BCUT2D eigenvalue weighted by Crippen LogP contribution is -2.06. The summed E-state index contributed by atoms with van der Waals surface area (Å²) < 4.78 is 28.0. The van der Waals surface area contributed by atoms with E-state index in [2.05, 4.69) is 17.6 Å². The van der Waals surface area contributed by atoms with Crippen LogP contribution in [-0.4, -0.2) is 26.8 Å². The quantitative estimate of drug-likeness (QED) is 0.844. The molecule has 1 aromatic rings. The smallest absolute Gasteiger partial charge is 0.232 e. The predicted octanol–water partition coefficient (Wildman–Crippen LogP) is 1.91. The molecule has 4 nitrogen and oxygen atoms in total. The molecule has 0 fully saturated rings. The second kappa shape index (κ2) is 4.63. The predicted molar refractivity (Wildman–Crippen MR) is 65.2 cm³/mol. The molecule has 0 atom stereocenters.